The highest BCUT2D eigenvalue weighted by atomic mass is 35.5. The lowest BCUT2D eigenvalue weighted by Crippen LogP contribution is -2.40. The predicted octanol–water partition coefficient (Wildman–Crippen LogP) is 3.68. The number of aromatic nitrogens is 2. The van der Waals surface area contributed by atoms with Gasteiger partial charge in [0, 0.05) is 31.2 Å². The lowest BCUT2D eigenvalue weighted by Gasteiger charge is -2.30. The van der Waals surface area contributed by atoms with Gasteiger partial charge in [-0.1, -0.05) is 11.6 Å². The van der Waals surface area contributed by atoms with Crippen LogP contribution in [0.25, 0.3) is 0 Å². The summed E-state index contributed by atoms with van der Waals surface area (Å²) < 4.78 is 37.8. The average Bonchev–Trinajstić information content (AvgIpc) is 2.31. The number of nitrogens with one attached hydrogen (secondary N) is 1. The molecule has 120 valence electrons. The van der Waals surface area contributed by atoms with Gasteiger partial charge in [0.15, 0.2) is 0 Å². The van der Waals surface area contributed by atoms with Crippen molar-refractivity contribution in [1.82, 2.24) is 14.9 Å². The Labute approximate surface area is 127 Å². The van der Waals surface area contributed by atoms with E-state index in [0.29, 0.717) is 25.2 Å². The fourth-order valence-electron chi connectivity index (χ4n) is 2.06. The van der Waals surface area contributed by atoms with Gasteiger partial charge in [-0.2, -0.15) is 13.2 Å². The van der Waals surface area contributed by atoms with Gasteiger partial charge in [0.1, 0.15) is 11.0 Å². The van der Waals surface area contributed by atoms with Gasteiger partial charge in [0.2, 0.25) is 5.82 Å². The summed E-state index contributed by atoms with van der Waals surface area (Å²) in [4.78, 5) is 8.85. The van der Waals surface area contributed by atoms with Crippen LogP contribution in [0.1, 0.15) is 33.5 Å². The second kappa shape index (κ2) is 7.26. The summed E-state index contributed by atoms with van der Waals surface area (Å²) in [5, 5.41) is 2.63. The Morgan fingerprint density at radius 3 is 2.24 bits per heavy atom. The van der Waals surface area contributed by atoms with Crippen molar-refractivity contribution in [2.24, 2.45) is 0 Å². The highest BCUT2D eigenvalue weighted by Gasteiger charge is 2.35. The topological polar surface area (TPSA) is 41.0 Å². The molecule has 1 aromatic heterocycles. The first-order valence-corrected chi connectivity index (χ1v) is 7.10. The molecule has 0 radical (unpaired) electrons. The minimum atomic E-state index is -4.61. The van der Waals surface area contributed by atoms with Crippen LogP contribution in [0.3, 0.4) is 0 Å². The van der Waals surface area contributed by atoms with Crippen molar-refractivity contribution in [2.45, 2.75) is 46.0 Å². The fourth-order valence-corrected chi connectivity index (χ4v) is 2.24. The molecule has 0 atom stereocenters. The summed E-state index contributed by atoms with van der Waals surface area (Å²) in [6, 6.07) is 1.99. The number of alkyl halides is 3. The van der Waals surface area contributed by atoms with Crippen LogP contribution in [0, 0.1) is 0 Å². The van der Waals surface area contributed by atoms with Crippen LogP contribution in [0.5, 0.6) is 0 Å². The smallest absolute Gasteiger partial charge is 0.369 e. The van der Waals surface area contributed by atoms with Crippen molar-refractivity contribution in [2.75, 3.05) is 18.4 Å². The number of anilines is 1. The van der Waals surface area contributed by atoms with Gasteiger partial charge >= 0.3 is 6.18 Å². The molecule has 21 heavy (non-hydrogen) atoms. The van der Waals surface area contributed by atoms with E-state index < -0.39 is 12.0 Å². The van der Waals surface area contributed by atoms with Crippen molar-refractivity contribution in [3.05, 3.63) is 17.0 Å². The first-order chi connectivity index (χ1) is 9.61. The maximum atomic E-state index is 12.6. The number of hydrogen-bond acceptors (Lipinski definition) is 4. The zero-order valence-corrected chi connectivity index (χ0v) is 13.3. The highest BCUT2D eigenvalue weighted by molar-refractivity contribution is 6.29. The van der Waals surface area contributed by atoms with E-state index in [4.69, 9.17) is 11.6 Å². The van der Waals surface area contributed by atoms with Crippen molar-refractivity contribution < 1.29 is 13.2 Å². The maximum Gasteiger partial charge on any atom is 0.451 e. The van der Waals surface area contributed by atoms with E-state index in [0.717, 1.165) is 0 Å². The lowest BCUT2D eigenvalue weighted by molar-refractivity contribution is -0.144. The summed E-state index contributed by atoms with van der Waals surface area (Å²) in [6.07, 6.45) is -4.61. The highest BCUT2D eigenvalue weighted by Crippen LogP contribution is 2.28. The first-order valence-electron chi connectivity index (χ1n) is 6.72. The molecule has 1 rings (SSSR count). The Bertz CT molecular complexity index is 455. The standard InChI is InChI=1S/C13H20ClF3N4/c1-8(2)21(9(3)4)6-5-18-11-7-10(14)19-12(20-11)13(15,16)17/h7-9H,5-6H2,1-4H3,(H,18,19,20). The second-order valence-electron chi connectivity index (χ2n) is 5.25. The summed E-state index contributed by atoms with van der Waals surface area (Å²) in [6.45, 7) is 9.46. The molecule has 0 aromatic carbocycles. The third kappa shape index (κ3) is 5.67. The monoisotopic (exact) mass is 324 g/mol. The molecule has 0 amide bonds. The van der Waals surface area contributed by atoms with Crippen LogP contribution in [-0.4, -0.2) is 40.0 Å². The molecule has 1 heterocycles. The first kappa shape index (κ1) is 18.0. The van der Waals surface area contributed by atoms with Crippen LogP contribution < -0.4 is 5.32 Å². The van der Waals surface area contributed by atoms with Crippen LogP contribution in [0.4, 0.5) is 19.0 Å². The fraction of sp³-hybridized carbons (Fsp3) is 0.692. The normalized spacial score (nSPS) is 12.5. The molecule has 8 heteroatoms. The lowest BCUT2D eigenvalue weighted by atomic mass is 10.2. The van der Waals surface area contributed by atoms with Gasteiger partial charge in [0.05, 0.1) is 0 Å². The Kier molecular flexibility index (Phi) is 6.22. The Hall–Kier alpha value is -1.08. The number of halogens is 4. The number of nitrogens with zero attached hydrogens (tertiary/aromatic N) is 3. The summed E-state index contributed by atoms with van der Waals surface area (Å²) in [5.74, 6) is -1.16. The van der Waals surface area contributed by atoms with Gasteiger partial charge in [-0.15, -0.1) is 0 Å². The molecule has 0 saturated carbocycles. The van der Waals surface area contributed by atoms with E-state index >= 15 is 0 Å². The molecule has 1 N–H and O–H groups in total. The Balaban J connectivity index is 2.70. The van der Waals surface area contributed by atoms with Gasteiger partial charge in [0.25, 0.3) is 0 Å². The molecule has 1 aromatic rings. The molecule has 0 aliphatic heterocycles. The third-order valence-electron chi connectivity index (χ3n) is 2.95. The summed E-state index contributed by atoms with van der Waals surface area (Å²) in [7, 11) is 0. The molecule has 4 nitrogen and oxygen atoms in total. The molecule has 0 unspecified atom stereocenters. The minimum Gasteiger partial charge on any atom is -0.369 e. The Morgan fingerprint density at radius 2 is 1.76 bits per heavy atom. The summed E-state index contributed by atoms with van der Waals surface area (Å²) >= 11 is 5.60. The molecule has 0 bridgehead atoms. The molecular formula is C13H20ClF3N4. The average molecular weight is 325 g/mol. The van der Waals surface area contributed by atoms with E-state index in [1.165, 1.54) is 6.07 Å². The maximum absolute atomic E-state index is 12.6. The van der Waals surface area contributed by atoms with Gasteiger partial charge in [-0.05, 0) is 27.7 Å². The molecular weight excluding hydrogens is 305 g/mol. The predicted molar refractivity (Wildman–Crippen MR) is 77.5 cm³/mol. The SMILES string of the molecule is CC(C)N(CCNc1cc(Cl)nc(C(F)(F)F)n1)C(C)C. The zero-order chi connectivity index (χ0) is 16.2. The molecule has 0 saturated heterocycles. The third-order valence-corrected chi connectivity index (χ3v) is 3.14. The zero-order valence-electron chi connectivity index (χ0n) is 12.5. The van der Waals surface area contributed by atoms with E-state index in [-0.39, 0.29) is 11.0 Å². The minimum absolute atomic E-state index is 0.0785. The van der Waals surface area contributed by atoms with E-state index in [9.17, 15) is 13.2 Å². The van der Waals surface area contributed by atoms with Crippen molar-refractivity contribution >= 4 is 17.4 Å². The largest absolute Gasteiger partial charge is 0.451 e. The molecule has 0 aliphatic carbocycles. The second-order valence-corrected chi connectivity index (χ2v) is 5.64. The molecule has 0 spiro atoms. The quantitative estimate of drug-likeness (QED) is 0.810. The molecule has 0 fully saturated rings. The van der Waals surface area contributed by atoms with Crippen LogP contribution in [-0.2, 0) is 6.18 Å². The van der Waals surface area contributed by atoms with Gasteiger partial charge < -0.3 is 5.32 Å². The van der Waals surface area contributed by atoms with E-state index in [1.807, 2.05) is 0 Å². The number of rotatable bonds is 6. The van der Waals surface area contributed by atoms with Crippen LogP contribution in [0.2, 0.25) is 5.15 Å². The Morgan fingerprint density at radius 1 is 1.19 bits per heavy atom. The van der Waals surface area contributed by atoms with Crippen LogP contribution in [0.15, 0.2) is 6.07 Å². The number of hydrogen-bond donors (Lipinski definition) is 1. The van der Waals surface area contributed by atoms with E-state index in [1.54, 1.807) is 0 Å². The van der Waals surface area contributed by atoms with E-state index in [2.05, 4.69) is 47.9 Å². The summed E-state index contributed by atoms with van der Waals surface area (Å²) in [5.41, 5.74) is 0. The van der Waals surface area contributed by atoms with Crippen LogP contribution >= 0.6 is 11.6 Å². The van der Waals surface area contributed by atoms with Gasteiger partial charge in [-0.3, -0.25) is 4.90 Å². The molecule has 0 aliphatic rings. The van der Waals surface area contributed by atoms with Crippen molar-refractivity contribution in [1.29, 1.82) is 0 Å². The van der Waals surface area contributed by atoms with Crippen molar-refractivity contribution in [3.8, 4) is 0 Å². The van der Waals surface area contributed by atoms with Crippen molar-refractivity contribution in [3.63, 3.8) is 0 Å². The van der Waals surface area contributed by atoms with Gasteiger partial charge in [-0.25, -0.2) is 9.97 Å².